The molecule has 5 rings (SSSR count). The Balaban J connectivity index is 1.43. The molecule has 178 valence electrons. The second kappa shape index (κ2) is 9.87. The highest BCUT2D eigenvalue weighted by molar-refractivity contribution is 5.95. The Morgan fingerprint density at radius 1 is 0.914 bits per heavy atom. The molecule has 0 bridgehead atoms. The smallest absolute Gasteiger partial charge is 0.150 e. The molecule has 0 saturated carbocycles. The van der Waals surface area contributed by atoms with E-state index in [2.05, 4.69) is 40.8 Å². The number of rotatable bonds is 3. The molecule has 0 aromatic heterocycles. The van der Waals surface area contributed by atoms with E-state index in [0.717, 1.165) is 71.9 Å². The molecular weight excluding hydrogens is 436 g/mol. The van der Waals surface area contributed by atoms with Crippen molar-refractivity contribution < 1.29 is 14.9 Å². The van der Waals surface area contributed by atoms with E-state index in [0.29, 0.717) is 0 Å². The van der Waals surface area contributed by atoms with E-state index in [1.165, 1.54) is 0 Å². The van der Waals surface area contributed by atoms with E-state index < -0.39 is 0 Å². The monoisotopic (exact) mass is 466 g/mol. The van der Waals surface area contributed by atoms with Gasteiger partial charge in [-0.1, -0.05) is 36.1 Å². The maximum Gasteiger partial charge on any atom is 0.150 e. The minimum atomic E-state index is -0.346. The molecule has 1 unspecified atom stereocenters. The summed E-state index contributed by atoms with van der Waals surface area (Å²) in [7, 11) is 2.16. The SMILES string of the molecule is CC1=C(c2cccc(O)c2)C(c2ccc(C#CCN3CCN(C)CC3)cc2)Oc2ccc(O)cc21. The van der Waals surface area contributed by atoms with Crippen LogP contribution in [-0.2, 0) is 0 Å². The van der Waals surface area contributed by atoms with E-state index >= 15 is 0 Å². The lowest BCUT2D eigenvalue weighted by atomic mass is 9.86. The molecule has 2 N–H and O–H groups in total. The lowest BCUT2D eigenvalue weighted by Crippen LogP contribution is -2.44. The number of phenolic OH excluding ortho intramolecular Hbond substituents is 2. The Morgan fingerprint density at radius 2 is 1.66 bits per heavy atom. The number of piperazine rings is 1. The molecule has 0 amide bonds. The fourth-order valence-corrected chi connectivity index (χ4v) is 4.72. The van der Waals surface area contributed by atoms with Gasteiger partial charge < -0.3 is 19.8 Å². The molecule has 35 heavy (non-hydrogen) atoms. The van der Waals surface area contributed by atoms with Crippen molar-refractivity contribution in [1.82, 2.24) is 9.80 Å². The maximum absolute atomic E-state index is 10.1. The summed E-state index contributed by atoms with van der Waals surface area (Å²) in [6, 6.07) is 20.6. The van der Waals surface area contributed by atoms with Crippen molar-refractivity contribution in [3.05, 3.63) is 89.0 Å². The Kier molecular flexibility index (Phi) is 6.50. The average molecular weight is 467 g/mol. The van der Waals surface area contributed by atoms with E-state index in [4.69, 9.17) is 4.74 Å². The quantitative estimate of drug-likeness (QED) is 0.545. The van der Waals surface area contributed by atoms with Gasteiger partial charge in [0.15, 0.2) is 0 Å². The first-order valence-electron chi connectivity index (χ1n) is 12.0. The van der Waals surface area contributed by atoms with Crippen LogP contribution in [0.3, 0.4) is 0 Å². The molecule has 3 aromatic carbocycles. The number of allylic oxidation sites excluding steroid dienone is 1. The summed E-state index contributed by atoms with van der Waals surface area (Å²) in [4.78, 5) is 4.74. The third-order valence-electron chi connectivity index (χ3n) is 6.78. The Labute approximate surface area is 206 Å². The van der Waals surface area contributed by atoms with Crippen molar-refractivity contribution in [3.63, 3.8) is 0 Å². The van der Waals surface area contributed by atoms with E-state index in [1.54, 1.807) is 30.3 Å². The fraction of sp³-hybridized carbons (Fsp3) is 0.267. The van der Waals surface area contributed by atoms with Gasteiger partial charge in [-0.2, -0.15) is 0 Å². The van der Waals surface area contributed by atoms with Gasteiger partial charge in [0.05, 0.1) is 6.54 Å². The molecule has 3 aromatic rings. The number of ether oxygens (including phenoxy) is 1. The highest BCUT2D eigenvalue weighted by Crippen LogP contribution is 2.47. The third-order valence-corrected chi connectivity index (χ3v) is 6.78. The minimum Gasteiger partial charge on any atom is -0.508 e. The zero-order chi connectivity index (χ0) is 24.4. The number of phenols is 2. The van der Waals surface area contributed by atoms with Crippen LogP contribution in [0, 0.1) is 11.8 Å². The lowest BCUT2D eigenvalue weighted by Gasteiger charge is -2.31. The number of aromatic hydroxyl groups is 2. The minimum absolute atomic E-state index is 0.194. The fourth-order valence-electron chi connectivity index (χ4n) is 4.72. The standard InChI is InChI=1S/C30H30N2O3/c1-21-27-20-26(34)12-13-28(27)35-30(29(21)24-6-3-7-25(33)19-24)23-10-8-22(9-11-23)5-4-14-32-17-15-31(2)16-18-32/h3,6-13,19-20,30,33-34H,14-18H2,1-2H3. The summed E-state index contributed by atoms with van der Waals surface area (Å²) in [5.74, 6) is 7.74. The molecule has 1 atom stereocenters. The molecule has 0 aliphatic carbocycles. The van der Waals surface area contributed by atoms with Crippen LogP contribution in [0.15, 0.2) is 66.7 Å². The number of nitrogens with zero attached hydrogens (tertiary/aromatic N) is 2. The first-order valence-corrected chi connectivity index (χ1v) is 12.0. The number of fused-ring (bicyclic) bond motifs is 1. The van der Waals surface area contributed by atoms with Crippen molar-refractivity contribution in [2.24, 2.45) is 0 Å². The van der Waals surface area contributed by atoms with Gasteiger partial charge in [-0.3, -0.25) is 4.90 Å². The average Bonchev–Trinajstić information content (AvgIpc) is 2.86. The number of likely N-dealkylation sites (N-methyl/N-ethyl adjacent to an activating group) is 1. The van der Waals surface area contributed by atoms with Crippen molar-refractivity contribution in [2.75, 3.05) is 39.8 Å². The normalized spacial score (nSPS) is 18.4. The zero-order valence-corrected chi connectivity index (χ0v) is 20.2. The van der Waals surface area contributed by atoms with E-state index in [9.17, 15) is 10.2 Å². The first-order chi connectivity index (χ1) is 17.0. The Hall–Kier alpha value is -3.72. The summed E-state index contributed by atoms with van der Waals surface area (Å²) in [6.45, 7) is 7.13. The highest BCUT2D eigenvalue weighted by Gasteiger charge is 2.29. The van der Waals surface area contributed by atoms with Crippen LogP contribution in [0.1, 0.15) is 35.3 Å². The van der Waals surface area contributed by atoms with Gasteiger partial charge in [0.2, 0.25) is 0 Å². The van der Waals surface area contributed by atoms with E-state index in [-0.39, 0.29) is 17.6 Å². The predicted molar refractivity (Wildman–Crippen MR) is 139 cm³/mol. The van der Waals surface area contributed by atoms with Gasteiger partial charge in [0.25, 0.3) is 0 Å². The second-order valence-electron chi connectivity index (χ2n) is 9.27. The Bertz CT molecular complexity index is 1310. The number of hydrogen-bond donors (Lipinski definition) is 2. The largest absolute Gasteiger partial charge is 0.508 e. The molecule has 1 saturated heterocycles. The van der Waals surface area contributed by atoms with Gasteiger partial charge in [-0.05, 0) is 73.1 Å². The lowest BCUT2D eigenvalue weighted by molar-refractivity contribution is 0.168. The molecule has 1 fully saturated rings. The van der Waals surface area contributed by atoms with Gasteiger partial charge in [-0.25, -0.2) is 0 Å². The van der Waals surface area contributed by atoms with E-state index in [1.807, 2.05) is 31.2 Å². The molecular formula is C30H30N2O3. The molecule has 0 spiro atoms. The topological polar surface area (TPSA) is 56.2 Å². The van der Waals surface area contributed by atoms with Crippen LogP contribution in [-0.4, -0.2) is 59.8 Å². The zero-order valence-electron chi connectivity index (χ0n) is 20.2. The van der Waals surface area contributed by atoms with Crippen LogP contribution >= 0.6 is 0 Å². The third kappa shape index (κ3) is 5.05. The van der Waals surface area contributed by atoms with Gasteiger partial charge in [-0.15, -0.1) is 0 Å². The van der Waals surface area contributed by atoms with Crippen LogP contribution in [0.25, 0.3) is 11.1 Å². The van der Waals surface area contributed by atoms with Crippen LogP contribution in [0.2, 0.25) is 0 Å². The summed E-state index contributed by atoms with van der Waals surface area (Å²) in [5.41, 5.74) is 5.69. The van der Waals surface area contributed by atoms with Crippen molar-refractivity contribution in [3.8, 4) is 29.1 Å². The van der Waals surface area contributed by atoms with Crippen LogP contribution < -0.4 is 4.74 Å². The van der Waals surface area contributed by atoms with Gasteiger partial charge in [0, 0.05) is 42.9 Å². The molecule has 2 aliphatic heterocycles. The molecule has 2 aliphatic rings. The number of benzene rings is 3. The first kappa shape index (κ1) is 23.0. The predicted octanol–water partition coefficient (Wildman–Crippen LogP) is 4.76. The maximum atomic E-state index is 10.1. The van der Waals surface area contributed by atoms with Crippen LogP contribution in [0.5, 0.6) is 17.2 Å². The summed E-state index contributed by atoms with van der Waals surface area (Å²) in [5, 5.41) is 20.2. The highest BCUT2D eigenvalue weighted by atomic mass is 16.5. The van der Waals surface area contributed by atoms with Crippen molar-refractivity contribution in [2.45, 2.75) is 13.0 Å². The summed E-state index contributed by atoms with van der Waals surface area (Å²) in [6.07, 6.45) is -0.346. The summed E-state index contributed by atoms with van der Waals surface area (Å²) < 4.78 is 6.46. The Morgan fingerprint density at radius 3 is 2.40 bits per heavy atom. The van der Waals surface area contributed by atoms with Crippen LogP contribution in [0.4, 0.5) is 0 Å². The molecule has 5 heteroatoms. The molecule has 5 nitrogen and oxygen atoms in total. The van der Waals surface area contributed by atoms with Gasteiger partial charge >= 0.3 is 0 Å². The van der Waals surface area contributed by atoms with Gasteiger partial charge in [0.1, 0.15) is 23.4 Å². The van der Waals surface area contributed by atoms with Crippen molar-refractivity contribution in [1.29, 1.82) is 0 Å². The molecule has 0 radical (unpaired) electrons. The van der Waals surface area contributed by atoms with Crippen molar-refractivity contribution >= 4 is 11.1 Å². The molecule has 2 heterocycles. The second-order valence-corrected chi connectivity index (χ2v) is 9.27. The summed E-state index contributed by atoms with van der Waals surface area (Å²) >= 11 is 0. The number of hydrogen-bond acceptors (Lipinski definition) is 5.